The number of likely N-dealkylation sites (tertiary alicyclic amines) is 1. The minimum absolute atomic E-state index is 0.0714. The molecule has 1 aliphatic heterocycles. The topological polar surface area (TPSA) is 153 Å². The largest absolute Gasteiger partial charge is 0.508 e. The van der Waals surface area contributed by atoms with E-state index in [1.54, 1.807) is 24.3 Å². The lowest BCUT2D eigenvalue weighted by atomic mass is 10.0. The summed E-state index contributed by atoms with van der Waals surface area (Å²) in [5, 5.41) is 31.0. The monoisotopic (exact) mass is 441 g/mol. The minimum atomic E-state index is -1.07. The van der Waals surface area contributed by atoms with Crippen molar-refractivity contribution in [3.63, 3.8) is 0 Å². The number of nitrogens with zero attached hydrogens (tertiary/aromatic N) is 1. The zero-order valence-corrected chi connectivity index (χ0v) is 17.5. The summed E-state index contributed by atoms with van der Waals surface area (Å²) in [4.78, 5) is 38.8. The predicted octanol–water partition coefficient (Wildman–Crippen LogP) is 0.771. The van der Waals surface area contributed by atoms with Crippen molar-refractivity contribution in [1.29, 1.82) is 0 Å². The normalized spacial score (nSPS) is 17.5. The van der Waals surface area contributed by atoms with Gasteiger partial charge in [0.05, 0.1) is 6.04 Å². The second kappa shape index (κ2) is 10.1. The van der Waals surface area contributed by atoms with Crippen LogP contribution in [0.2, 0.25) is 0 Å². The lowest BCUT2D eigenvalue weighted by Gasteiger charge is -2.28. The zero-order chi connectivity index (χ0) is 23.3. The van der Waals surface area contributed by atoms with Gasteiger partial charge in [-0.15, -0.1) is 0 Å². The number of hydrogen-bond acceptors (Lipinski definition) is 6. The molecule has 3 atom stereocenters. The summed E-state index contributed by atoms with van der Waals surface area (Å²) >= 11 is 0. The molecule has 1 fully saturated rings. The van der Waals surface area contributed by atoms with Crippen molar-refractivity contribution in [2.75, 3.05) is 6.54 Å². The number of aliphatic carboxylic acids is 1. The number of carboxylic acid groups (broad SMARTS) is 1. The summed E-state index contributed by atoms with van der Waals surface area (Å²) in [6, 6.07) is 9.66. The highest BCUT2D eigenvalue weighted by Crippen LogP contribution is 2.20. The predicted molar refractivity (Wildman–Crippen MR) is 116 cm³/mol. The SMILES string of the molecule is NC(Cc1ccc(O)cc1)C(=O)NC(Cc1ccc(O)cc1)C(=O)N1CCCC1C(=O)O. The van der Waals surface area contributed by atoms with Crippen molar-refractivity contribution in [1.82, 2.24) is 10.2 Å². The molecule has 9 heteroatoms. The number of carboxylic acids is 1. The van der Waals surface area contributed by atoms with Gasteiger partial charge in [-0.3, -0.25) is 9.59 Å². The molecule has 0 aromatic heterocycles. The van der Waals surface area contributed by atoms with Crippen LogP contribution in [0.25, 0.3) is 0 Å². The van der Waals surface area contributed by atoms with Gasteiger partial charge in [0.15, 0.2) is 0 Å². The fraction of sp³-hybridized carbons (Fsp3) is 0.348. The molecule has 1 saturated heterocycles. The zero-order valence-electron chi connectivity index (χ0n) is 17.5. The summed E-state index contributed by atoms with van der Waals surface area (Å²) in [7, 11) is 0. The second-order valence-electron chi connectivity index (χ2n) is 7.94. The number of rotatable bonds is 8. The number of hydrogen-bond donors (Lipinski definition) is 5. The van der Waals surface area contributed by atoms with Crippen molar-refractivity contribution in [2.24, 2.45) is 5.73 Å². The molecule has 1 heterocycles. The molecule has 2 aromatic carbocycles. The van der Waals surface area contributed by atoms with Crippen LogP contribution in [0.5, 0.6) is 11.5 Å². The molecule has 0 radical (unpaired) electrons. The molecule has 0 aliphatic carbocycles. The number of aromatic hydroxyl groups is 2. The van der Waals surface area contributed by atoms with Crippen LogP contribution in [0.3, 0.4) is 0 Å². The standard InChI is InChI=1S/C23H27N3O6/c24-18(12-14-3-7-16(27)8-4-14)21(29)25-19(13-15-5-9-17(28)10-6-15)22(30)26-11-1-2-20(26)23(31)32/h3-10,18-20,27-28H,1-2,11-13,24H2,(H,25,29)(H,31,32). The van der Waals surface area contributed by atoms with Crippen molar-refractivity contribution in [3.05, 3.63) is 59.7 Å². The van der Waals surface area contributed by atoms with E-state index in [0.29, 0.717) is 24.9 Å². The Morgan fingerprint density at radius 1 is 0.969 bits per heavy atom. The maximum absolute atomic E-state index is 13.2. The van der Waals surface area contributed by atoms with E-state index >= 15 is 0 Å². The van der Waals surface area contributed by atoms with Crippen LogP contribution in [0.4, 0.5) is 0 Å². The van der Waals surface area contributed by atoms with E-state index < -0.39 is 35.9 Å². The van der Waals surface area contributed by atoms with Crippen molar-refractivity contribution < 1.29 is 29.7 Å². The van der Waals surface area contributed by atoms with E-state index in [1.165, 1.54) is 29.2 Å². The first-order valence-electron chi connectivity index (χ1n) is 10.4. The number of benzene rings is 2. The summed E-state index contributed by atoms with van der Waals surface area (Å²) in [5.41, 5.74) is 7.49. The Hall–Kier alpha value is -3.59. The van der Waals surface area contributed by atoms with Gasteiger partial charge in [-0.25, -0.2) is 4.79 Å². The lowest BCUT2D eigenvalue weighted by molar-refractivity contribution is -0.149. The first-order valence-corrected chi connectivity index (χ1v) is 10.4. The molecule has 170 valence electrons. The molecule has 2 amide bonds. The van der Waals surface area contributed by atoms with Crippen LogP contribution in [-0.4, -0.2) is 62.7 Å². The average molecular weight is 441 g/mol. The molecule has 3 rings (SSSR count). The number of nitrogens with two attached hydrogens (primary N) is 1. The molecule has 1 aliphatic rings. The van der Waals surface area contributed by atoms with Crippen molar-refractivity contribution in [3.8, 4) is 11.5 Å². The van der Waals surface area contributed by atoms with Gasteiger partial charge in [0.2, 0.25) is 11.8 Å². The fourth-order valence-electron chi connectivity index (χ4n) is 3.81. The van der Waals surface area contributed by atoms with Gasteiger partial charge in [-0.2, -0.15) is 0 Å². The molecule has 3 unspecified atom stereocenters. The first-order chi connectivity index (χ1) is 15.2. The van der Waals surface area contributed by atoms with E-state index in [2.05, 4.69) is 5.32 Å². The quantitative estimate of drug-likeness (QED) is 0.405. The Morgan fingerprint density at radius 3 is 2.03 bits per heavy atom. The Balaban J connectivity index is 1.75. The van der Waals surface area contributed by atoms with E-state index in [9.17, 15) is 29.7 Å². The fourth-order valence-corrected chi connectivity index (χ4v) is 3.81. The highest BCUT2D eigenvalue weighted by atomic mass is 16.4. The van der Waals surface area contributed by atoms with Gasteiger partial charge in [0.1, 0.15) is 23.6 Å². The van der Waals surface area contributed by atoms with Crippen LogP contribution in [0, 0.1) is 0 Å². The van der Waals surface area contributed by atoms with Crippen LogP contribution in [0.15, 0.2) is 48.5 Å². The first kappa shape index (κ1) is 23.1. The molecule has 0 bridgehead atoms. The van der Waals surface area contributed by atoms with Crippen LogP contribution in [-0.2, 0) is 27.2 Å². The molecular formula is C23H27N3O6. The molecule has 0 spiro atoms. The molecule has 0 saturated carbocycles. The summed E-state index contributed by atoms with van der Waals surface area (Å²) in [5.74, 6) is -1.92. The highest BCUT2D eigenvalue weighted by molar-refractivity contribution is 5.92. The highest BCUT2D eigenvalue weighted by Gasteiger charge is 2.38. The van der Waals surface area contributed by atoms with E-state index in [4.69, 9.17) is 5.73 Å². The van der Waals surface area contributed by atoms with Gasteiger partial charge < -0.3 is 31.3 Å². The Morgan fingerprint density at radius 2 is 1.50 bits per heavy atom. The van der Waals surface area contributed by atoms with Crippen molar-refractivity contribution >= 4 is 17.8 Å². The number of carbonyl (C=O) groups is 3. The Labute approximate surface area is 185 Å². The summed E-state index contributed by atoms with van der Waals surface area (Å²) in [6.45, 7) is 0.303. The number of amides is 2. The molecule has 32 heavy (non-hydrogen) atoms. The van der Waals surface area contributed by atoms with Gasteiger partial charge >= 0.3 is 5.97 Å². The van der Waals surface area contributed by atoms with Gasteiger partial charge in [-0.05, 0) is 54.7 Å². The summed E-state index contributed by atoms with van der Waals surface area (Å²) in [6.07, 6.45) is 1.26. The van der Waals surface area contributed by atoms with Crippen LogP contribution in [0.1, 0.15) is 24.0 Å². The number of carbonyl (C=O) groups excluding carboxylic acids is 2. The Bertz CT molecular complexity index is 961. The lowest BCUT2D eigenvalue weighted by Crippen LogP contribution is -2.55. The molecular weight excluding hydrogens is 414 g/mol. The van der Waals surface area contributed by atoms with Crippen LogP contribution < -0.4 is 11.1 Å². The molecule has 6 N–H and O–H groups in total. The maximum Gasteiger partial charge on any atom is 0.326 e. The van der Waals surface area contributed by atoms with Crippen LogP contribution >= 0.6 is 0 Å². The number of phenolic OH excluding ortho intramolecular Hbond substituents is 2. The van der Waals surface area contributed by atoms with E-state index in [0.717, 1.165) is 5.56 Å². The van der Waals surface area contributed by atoms with Gasteiger partial charge in [0, 0.05) is 13.0 Å². The molecule has 9 nitrogen and oxygen atoms in total. The Kier molecular flexibility index (Phi) is 7.32. The third-order valence-electron chi connectivity index (χ3n) is 5.54. The number of nitrogens with one attached hydrogen (secondary N) is 1. The van der Waals surface area contributed by atoms with E-state index in [-0.39, 0.29) is 24.3 Å². The number of phenols is 2. The van der Waals surface area contributed by atoms with Crippen molar-refractivity contribution in [2.45, 2.75) is 43.8 Å². The van der Waals surface area contributed by atoms with Gasteiger partial charge in [-0.1, -0.05) is 24.3 Å². The average Bonchev–Trinajstić information content (AvgIpc) is 3.26. The summed E-state index contributed by atoms with van der Waals surface area (Å²) < 4.78 is 0. The van der Waals surface area contributed by atoms with Gasteiger partial charge in [0.25, 0.3) is 0 Å². The smallest absolute Gasteiger partial charge is 0.326 e. The second-order valence-corrected chi connectivity index (χ2v) is 7.94. The third kappa shape index (κ3) is 5.76. The third-order valence-corrected chi connectivity index (χ3v) is 5.54. The van der Waals surface area contributed by atoms with E-state index in [1.807, 2.05) is 0 Å². The molecule has 2 aromatic rings. The minimum Gasteiger partial charge on any atom is -0.508 e. The maximum atomic E-state index is 13.2.